The lowest BCUT2D eigenvalue weighted by Gasteiger charge is -2.19. The molecule has 15 heavy (non-hydrogen) atoms. The van der Waals surface area contributed by atoms with Crippen LogP contribution in [0.2, 0.25) is 0 Å². The third kappa shape index (κ3) is 14.3. The number of thiol groups is 1. The number of rotatable bonds is 9. The molecule has 0 heterocycles. The van der Waals surface area contributed by atoms with Crippen molar-refractivity contribution in [2.75, 3.05) is 25.6 Å². The summed E-state index contributed by atoms with van der Waals surface area (Å²) < 4.78 is 11.0. The van der Waals surface area contributed by atoms with E-state index in [1.807, 2.05) is 0 Å². The predicted octanol–water partition coefficient (Wildman–Crippen LogP) is 3.31. The van der Waals surface area contributed by atoms with Crippen LogP contribution in [0.1, 0.15) is 46.5 Å². The maximum absolute atomic E-state index is 5.54. The summed E-state index contributed by atoms with van der Waals surface area (Å²) in [6, 6.07) is 0. The Morgan fingerprint density at radius 2 is 1.53 bits per heavy atom. The predicted molar refractivity (Wildman–Crippen MR) is 68.8 cm³/mol. The van der Waals surface area contributed by atoms with E-state index in [-0.39, 0.29) is 5.60 Å². The molecule has 2 nitrogen and oxygen atoms in total. The van der Waals surface area contributed by atoms with E-state index in [9.17, 15) is 0 Å². The number of hydrogen-bond donors (Lipinski definition) is 1. The highest BCUT2D eigenvalue weighted by molar-refractivity contribution is 7.80. The van der Waals surface area contributed by atoms with Gasteiger partial charge in [0.15, 0.2) is 0 Å². The lowest BCUT2D eigenvalue weighted by atomic mass is 10.2. The van der Waals surface area contributed by atoms with Crippen LogP contribution in [0.3, 0.4) is 0 Å². The highest BCUT2D eigenvalue weighted by atomic mass is 32.1. The van der Waals surface area contributed by atoms with Gasteiger partial charge in [-0.25, -0.2) is 0 Å². The van der Waals surface area contributed by atoms with Crippen molar-refractivity contribution in [1.82, 2.24) is 0 Å². The van der Waals surface area contributed by atoms with E-state index in [1.165, 1.54) is 19.3 Å². The summed E-state index contributed by atoms with van der Waals surface area (Å²) in [4.78, 5) is 0. The van der Waals surface area contributed by atoms with Gasteiger partial charge in [0, 0.05) is 6.61 Å². The van der Waals surface area contributed by atoms with Crippen molar-refractivity contribution < 1.29 is 9.47 Å². The molecule has 3 heteroatoms. The van der Waals surface area contributed by atoms with Crippen LogP contribution in [0.5, 0.6) is 0 Å². The molecule has 0 rings (SSSR count). The summed E-state index contributed by atoms with van der Waals surface area (Å²) in [7, 11) is 0. The molecule has 0 saturated carbocycles. The van der Waals surface area contributed by atoms with Gasteiger partial charge in [0.05, 0.1) is 18.8 Å². The molecule has 0 radical (unpaired) electrons. The van der Waals surface area contributed by atoms with Crippen molar-refractivity contribution in [2.45, 2.75) is 52.1 Å². The van der Waals surface area contributed by atoms with Crippen LogP contribution in [-0.4, -0.2) is 31.2 Å². The normalized spacial score (nSPS) is 12.0. The van der Waals surface area contributed by atoms with Gasteiger partial charge in [0.1, 0.15) is 0 Å². The van der Waals surface area contributed by atoms with Gasteiger partial charge in [0.2, 0.25) is 0 Å². The van der Waals surface area contributed by atoms with E-state index >= 15 is 0 Å². The van der Waals surface area contributed by atoms with Crippen molar-refractivity contribution in [3.8, 4) is 0 Å². The van der Waals surface area contributed by atoms with Crippen LogP contribution in [0.15, 0.2) is 0 Å². The third-order valence-corrected chi connectivity index (χ3v) is 2.28. The summed E-state index contributed by atoms with van der Waals surface area (Å²) in [5.74, 6) is 1.00. The van der Waals surface area contributed by atoms with Gasteiger partial charge < -0.3 is 9.47 Å². The van der Waals surface area contributed by atoms with E-state index in [0.717, 1.165) is 18.8 Å². The Hall–Kier alpha value is 0.270. The van der Waals surface area contributed by atoms with Crippen LogP contribution in [0.25, 0.3) is 0 Å². The zero-order chi connectivity index (χ0) is 11.6. The molecule has 0 bridgehead atoms. The van der Waals surface area contributed by atoms with E-state index in [0.29, 0.717) is 13.2 Å². The molecule has 0 unspecified atom stereocenters. The minimum absolute atomic E-state index is 0.0457. The summed E-state index contributed by atoms with van der Waals surface area (Å²) in [5, 5.41) is 0. The largest absolute Gasteiger partial charge is 0.379 e. The molecule has 92 valence electrons. The topological polar surface area (TPSA) is 18.5 Å². The average molecular weight is 234 g/mol. The molecule has 0 fully saturated rings. The van der Waals surface area contributed by atoms with E-state index in [1.54, 1.807) is 0 Å². The first kappa shape index (κ1) is 15.3. The summed E-state index contributed by atoms with van der Waals surface area (Å²) in [6.45, 7) is 8.45. The molecule has 0 aromatic heterocycles. The Labute approximate surface area is 100 Å². The van der Waals surface area contributed by atoms with Gasteiger partial charge in [-0.15, -0.1) is 0 Å². The Balaban J connectivity index is 2.99. The average Bonchev–Trinajstić information content (AvgIpc) is 2.14. The third-order valence-electron chi connectivity index (χ3n) is 1.96. The first-order chi connectivity index (χ1) is 7.06. The van der Waals surface area contributed by atoms with Gasteiger partial charge in [-0.2, -0.15) is 12.6 Å². The van der Waals surface area contributed by atoms with Crippen molar-refractivity contribution >= 4 is 12.6 Å². The number of unbranched alkanes of at least 4 members (excludes halogenated alkanes) is 3. The second kappa shape index (κ2) is 9.49. The zero-order valence-electron chi connectivity index (χ0n) is 10.4. The molecular weight excluding hydrogens is 208 g/mol. The minimum atomic E-state index is -0.0457. The fraction of sp³-hybridized carbons (Fsp3) is 1.00. The van der Waals surface area contributed by atoms with E-state index in [2.05, 4.69) is 33.4 Å². The van der Waals surface area contributed by atoms with E-state index < -0.39 is 0 Å². The second-order valence-corrected chi connectivity index (χ2v) is 5.16. The Morgan fingerprint density at radius 3 is 2.13 bits per heavy atom. The molecule has 0 aromatic rings. The smallest absolute Gasteiger partial charge is 0.0707 e. The maximum atomic E-state index is 5.54. The monoisotopic (exact) mass is 234 g/mol. The lowest BCUT2D eigenvalue weighted by Crippen LogP contribution is -2.21. The number of ether oxygens (including phenoxy) is 2. The van der Waals surface area contributed by atoms with E-state index in [4.69, 9.17) is 9.47 Å². The molecule has 0 aliphatic rings. The summed E-state index contributed by atoms with van der Waals surface area (Å²) in [5.41, 5.74) is -0.0457. The minimum Gasteiger partial charge on any atom is -0.379 e. The van der Waals surface area contributed by atoms with Crippen LogP contribution in [-0.2, 0) is 9.47 Å². The Kier molecular flexibility index (Phi) is 9.66. The molecule has 0 N–H and O–H groups in total. The molecule has 0 aliphatic carbocycles. The standard InChI is InChI=1S/C12H26O2S/c1-12(2,3)14-10-9-13-8-6-4-5-7-11-15/h15H,4-11H2,1-3H3. The molecular formula is C12H26O2S. The molecule has 0 saturated heterocycles. The molecule has 0 amide bonds. The first-order valence-corrected chi connectivity index (χ1v) is 6.52. The lowest BCUT2D eigenvalue weighted by molar-refractivity contribution is -0.0351. The van der Waals surface area contributed by atoms with Gasteiger partial charge in [-0.3, -0.25) is 0 Å². The van der Waals surface area contributed by atoms with Crippen molar-refractivity contribution in [1.29, 1.82) is 0 Å². The molecule has 0 spiro atoms. The Bertz CT molecular complexity index is 132. The summed E-state index contributed by atoms with van der Waals surface area (Å²) in [6.07, 6.45) is 4.89. The SMILES string of the molecule is CC(C)(C)OCCOCCCCCCS. The van der Waals surface area contributed by atoms with Crippen molar-refractivity contribution in [3.63, 3.8) is 0 Å². The van der Waals surface area contributed by atoms with Gasteiger partial charge in [-0.05, 0) is 39.4 Å². The molecule has 0 aromatic carbocycles. The number of hydrogen-bond acceptors (Lipinski definition) is 3. The zero-order valence-corrected chi connectivity index (χ0v) is 11.3. The Morgan fingerprint density at radius 1 is 0.867 bits per heavy atom. The summed E-state index contributed by atoms with van der Waals surface area (Å²) >= 11 is 4.17. The second-order valence-electron chi connectivity index (χ2n) is 4.71. The van der Waals surface area contributed by atoms with Crippen LogP contribution in [0.4, 0.5) is 0 Å². The quantitative estimate of drug-likeness (QED) is 0.487. The van der Waals surface area contributed by atoms with Crippen molar-refractivity contribution in [3.05, 3.63) is 0 Å². The maximum Gasteiger partial charge on any atom is 0.0707 e. The van der Waals surface area contributed by atoms with Crippen molar-refractivity contribution in [2.24, 2.45) is 0 Å². The molecule has 0 aliphatic heterocycles. The van der Waals surface area contributed by atoms with Gasteiger partial charge in [-0.1, -0.05) is 12.8 Å². The van der Waals surface area contributed by atoms with Crippen LogP contribution < -0.4 is 0 Å². The fourth-order valence-electron chi connectivity index (χ4n) is 1.18. The fourth-order valence-corrected chi connectivity index (χ4v) is 1.40. The van der Waals surface area contributed by atoms with Crippen LogP contribution >= 0.6 is 12.6 Å². The van der Waals surface area contributed by atoms with Gasteiger partial charge in [0.25, 0.3) is 0 Å². The first-order valence-electron chi connectivity index (χ1n) is 5.89. The van der Waals surface area contributed by atoms with Crippen LogP contribution in [0, 0.1) is 0 Å². The van der Waals surface area contributed by atoms with Gasteiger partial charge >= 0.3 is 0 Å². The highest BCUT2D eigenvalue weighted by Gasteiger charge is 2.08. The highest BCUT2D eigenvalue weighted by Crippen LogP contribution is 2.06. The molecule has 0 atom stereocenters.